The summed E-state index contributed by atoms with van der Waals surface area (Å²) in [5.74, 6) is 1.49. The first-order valence-electron chi connectivity index (χ1n) is 11.0. The Morgan fingerprint density at radius 3 is 2.28 bits per heavy atom. The number of hydrogen-bond acceptors (Lipinski definition) is 4. The molecule has 1 aliphatic rings. The maximum atomic E-state index is 13.3. The predicted octanol–water partition coefficient (Wildman–Crippen LogP) is 4.95. The number of piperidine rings is 1. The van der Waals surface area contributed by atoms with Crippen molar-refractivity contribution in [1.82, 2.24) is 4.90 Å². The van der Waals surface area contributed by atoms with E-state index in [9.17, 15) is 4.79 Å². The molecule has 5 heteroatoms. The molecule has 0 saturated carbocycles. The van der Waals surface area contributed by atoms with Gasteiger partial charge in [-0.1, -0.05) is 60.7 Å². The number of methoxy groups -OCH3 is 2. The van der Waals surface area contributed by atoms with E-state index >= 15 is 0 Å². The number of nitrogens with zero attached hydrogens (tertiary/aromatic N) is 1. The standard InChI is InChI=1S/C27H30N2O3/c1-31-25-14-13-24(16-26(25)32-2)28-27(30)23-15-22(21-11-7-4-8-12-21)18-29(19-23)17-20-9-5-3-6-10-20/h3-14,16,22-23H,15,17-19H2,1-2H3,(H,28,30)/t22-,23-/m0/s1. The summed E-state index contributed by atoms with van der Waals surface area (Å²) >= 11 is 0. The minimum absolute atomic E-state index is 0.0379. The number of rotatable bonds is 7. The molecule has 3 aromatic carbocycles. The predicted molar refractivity (Wildman–Crippen MR) is 127 cm³/mol. The van der Waals surface area contributed by atoms with Gasteiger partial charge in [-0.05, 0) is 35.6 Å². The quantitative estimate of drug-likeness (QED) is 0.576. The van der Waals surface area contributed by atoms with Crippen molar-refractivity contribution in [2.45, 2.75) is 18.9 Å². The van der Waals surface area contributed by atoms with E-state index in [-0.39, 0.29) is 11.8 Å². The fraction of sp³-hybridized carbons (Fsp3) is 0.296. The number of benzene rings is 3. The summed E-state index contributed by atoms with van der Waals surface area (Å²) in [6, 6.07) is 26.4. The van der Waals surface area contributed by atoms with Gasteiger partial charge < -0.3 is 14.8 Å². The Morgan fingerprint density at radius 2 is 1.59 bits per heavy atom. The largest absolute Gasteiger partial charge is 0.493 e. The van der Waals surface area contributed by atoms with Gasteiger partial charge in [-0.2, -0.15) is 0 Å². The zero-order chi connectivity index (χ0) is 22.3. The smallest absolute Gasteiger partial charge is 0.228 e. The first kappa shape index (κ1) is 21.9. The summed E-state index contributed by atoms with van der Waals surface area (Å²) in [5, 5.41) is 3.09. The topological polar surface area (TPSA) is 50.8 Å². The van der Waals surface area contributed by atoms with Gasteiger partial charge in [-0.15, -0.1) is 0 Å². The van der Waals surface area contributed by atoms with Crippen LogP contribution >= 0.6 is 0 Å². The van der Waals surface area contributed by atoms with E-state index in [4.69, 9.17) is 9.47 Å². The maximum absolute atomic E-state index is 13.3. The summed E-state index contributed by atoms with van der Waals surface area (Å²) in [6.07, 6.45) is 0.828. The Kier molecular flexibility index (Phi) is 7.07. The molecule has 3 aromatic rings. The van der Waals surface area contributed by atoms with Gasteiger partial charge in [-0.3, -0.25) is 9.69 Å². The number of amides is 1. The van der Waals surface area contributed by atoms with Gasteiger partial charge in [0.15, 0.2) is 11.5 Å². The molecule has 1 amide bonds. The first-order chi connectivity index (χ1) is 15.7. The molecule has 0 unspecified atom stereocenters. The van der Waals surface area contributed by atoms with E-state index in [1.165, 1.54) is 11.1 Å². The minimum Gasteiger partial charge on any atom is -0.493 e. The third-order valence-corrected chi connectivity index (χ3v) is 6.07. The average molecular weight is 431 g/mol. The molecular formula is C27H30N2O3. The highest BCUT2D eigenvalue weighted by molar-refractivity contribution is 5.93. The van der Waals surface area contributed by atoms with Crippen LogP contribution in [0.3, 0.4) is 0 Å². The molecule has 1 heterocycles. The third kappa shape index (κ3) is 5.29. The molecule has 0 aromatic heterocycles. The zero-order valence-corrected chi connectivity index (χ0v) is 18.7. The second kappa shape index (κ2) is 10.3. The van der Waals surface area contributed by atoms with Crippen molar-refractivity contribution in [2.24, 2.45) is 5.92 Å². The van der Waals surface area contributed by atoms with Crippen molar-refractivity contribution in [1.29, 1.82) is 0 Å². The van der Waals surface area contributed by atoms with E-state index in [0.29, 0.717) is 23.1 Å². The van der Waals surface area contributed by atoms with Crippen molar-refractivity contribution in [3.8, 4) is 11.5 Å². The summed E-state index contributed by atoms with van der Waals surface area (Å²) < 4.78 is 10.7. The lowest BCUT2D eigenvalue weighted by Gasteiger charge is -2.37. The SMILES string of the molecule is COc1ccc(NC(=O)[C@H]2C[C@H](c3ccccc3)CN(Cc3ccccc3)C2)cc1OC. The third-order valence-electron chi connectivity index (χ3n) is 6.07. The highest BCUT2D eigenvalue weighted by Gasteiger charge is 2.32. The van der Waals surface area contributed by atoms with Gasteiger partial charge in [0, 0.05) is 31.4 Å². The molecular weight excluding hydrogens is 400 g/mol. The lowest BCUT2D eigenvalue weighted by atomic mass is 9.84. The summed E-state index contributed by atoms with van der Waals surface area (Å²) in [5.41, 5.74) is 3.26. The van der Waals surface area contributed by atoms with Crippen LogP contribution in [-0.2, 0) is 11.3 Å². The van der Waals surface area contributed by atoms with Crippen molar-refractivity contribution >= 4 is 11.6 Å². The van der Waals surface area contributed by atoms with E-state index in [0.717, 1.165) is 26.1 Å². The molecule has 0 spiro atoms. The van der Waals surface area contributed by atoms with Crippen LogP contribution in [0.1, 0.15) is 23.5 Å². The molecule has 5 nitrogen and oxygen atoms in total. The van der Waals surface area contributed by atoms with Gasteiger partial charge >= 0.3 is 0 Å². The Hall–Kier alpha value is -3.31. The Bertz CT molecular complexity index is 1020. The lowest BCUT2D eigenvalue weighted by molar-refractivity contribution is -0.121. The molecule has 1 N–H and O–H groups in total. The average Bonchev–Trinajstić information content (AvgIpc) is 2.85. The lowest BCUT2D eigenvalue weighted by Crippen LogP contribution is -2.43. The van der Waals surface area contributed by atoms with Crippen LogP contribution in [0.15, 0.2) is 78.9 Å². The van der Waals surface area contributed by atoms with Crippen LogP contribution in [0.4, 0.5) is 5.69 Å². The number of nitrogens with one attached hydrogen (secondary N) is 1. The van der Waals surface area contributed by atoms with Gasteiger partial charge in [0.05, 0.1) is 20.1 Å². The number of anilines is 1. The minimum atomic E-state index is -0.106. The van der Waals surface area contributed by atoms with Gasteiger partial charge in [-0.25, -0.2) is 0 Å². The maximum Gasteiger partial charge on any atom is 0.228 e. The molecule has 1 fully saturated rings. The van der Waals surface area contributed by atoms with Gasteiger partial charge in [0.2, 0.25) is 5.91 Å². The Labute approximate surface area is 190 Å². The zero-order valence-electron chi connectivity index (χ0n) is 18.7. The highest BCUT2D eigenvalue weighted by atomic mass is 16.5. The molecule has 0 radical (unpaired) electrons. The van der Waals surface area contributed by atoms with E-state index < -0.39 is 0 Å². The molecule has 0 bridgehead atoms. The van der Waals surface area contributed by atoms with Gasteiger partial charge in [0.25, 0.3) is 0 Å². The van der Waals surface area contributed by atoms with Crippen LogP contribution in [0.2, 0.25) is 0 Å². The van der Waals surface area contributed by atoms with Crippen molar-refractivity contribution in [3.05, 3.63) is 90.0 Å². The van der Waals surface area contributed by atoms with E-state index in [2.05, 4.69) is 58.7 Å². The molecule has 4 rings (SSSR count). The molecule has 2 atom stereocenters. The normalized spacial score (nSPS) is 18.7. The molecule has 1 aliphatic heterocycles. The van der Waals surface area contributed by atoms with Crippen LogP contribution in [-0.4, -0.2) is 38.1 Å². The van der Waals surface area contributed by atoms with Gasteiger partial charge in [0.1, 0.15) is 0 Å². The van der Waals surface area contributed by atoms with Crippen LogP contribution < -0.4 is 14.8 Å². The monoisotopic (exact) mass is 430 g/mol. The van der Waals surface area contributed by atoms with E-state index in [1.54, 1.807) is 20.3 Å². The summed E-state index contributed by atoms with van der Waals surface area (Å²) in [6.45, 7) is 2.51. The number of hydrogen-bond donors (Lipinski definition) is 1. The fourth-order valence-corrected chi connectivity index (χ4v) is 4.48. The number of carbonyl (C=O) groups excluding carboxylic acids is 1. The van der Waals surface area contributed by atoms with Crippen LogP contribution in [0, 0.1) is 5.92 Å². The number of carbonyl (C=O) groups is 1. The molecule has 1 saturated heterocycles. The van der Waals surface area contributed by atoms with Crippen molar-refractivity contribution in [3.63, 3.8) is 0 Å². The van der Waals surface area contributed by atoms with Crippen LogP contribution in [0.25, 0.3) is 0 Å². The van der Waals surface area contributed by atoms with E-state index in [1.807, 2.05) is 24.3 Å². The highest BCUT2D eigenvalue weighted by Crippen LogP contribution is 2.33. The van der Waals surface area contributed by atoms with Crippen LogP contribution in [0.5, 0.6) is 11.5 Å². The fourth-order valence-electron chi connectivity index (χ4n) is 4.48. The number of likely N-dealkylation sites (tertiary alicyclic amines) is 1. The van der Waals surface area contributed by atoms with Crippen molar-refractivity contribution < 1.29 is 14.3 Å². The second-order valence-corrected chi connectivity index (χ2v) is 8.28. The molecule has 32 heavy (non-hydrogen) atoms. The summed E-state index contributed by atoms with van der Waals surface area (Å²) in [4.78, 5) is 15.7. The number of ether oxygens (including phenoxy) is 2. The Morgan fingerprint density at radius 1 is 0.906 bits per heavy atom. The molecule has 166 valence electrons. The molecule has 0 aliphatic carbocycles. The van der Waals surface area contributed by atoms with Crippen molar-refractivity contribution in [2.75, 3.05) is 32.6 Å². The second-order valence-electron chi connectivity index (χ2n) is 8.28. The summed E-state index contributed by atoms with van der Waals surface area (Å²) in [7, 11) is 3.19. The first-order valence-corrected chi connectivity index (χ1v) is 11.0. The Balaban J connectivity index is 1.52.